The molecule has 0 aromatic heterocycles. The van der Waals surface area contributed by atoms with Crippen LogP contribution in [0.4, 0.5) is 0 Å². The average Bonchev–Trinajstić information content (AvgIpc) is 2.58. The molecule has 1 aromatic rings. The van der Waals surface area contributed by atoms with Crippen molar-refractivity contribution in [3.8, 4) is 5.75 Å². The van der Waals surface area contributed by atoms with Crippen LogP contribution in [0, 0.1) is 5.92 Å². The normalized spacial score (nSPS) is 22.2. The number of benzene rings is 1. The first-order valence-electron chi connectivity index (χ1n) is 9.45. The van der Waals surface area contributed by atoms with Crippen molar-refractivity contribution in [2.45, 2.75) is 58.1 Å². The minimum atomic E-state index is 0.239. The lowest BCUT2D eigenvalue weighted by molar-refractivity contribution is 0.103. The van der Waals surface area contributed by atoms with Crippen molar-refractivity contribution < 1.29 is 4.74 Å². The van der Waals surface area contributed by atoms with Crippen LogP contribution in [0.25, 0.3) is 0 Å². The van der Waals surface area contributed by atoms with E-state index in [-0.39, 0.29) is 6.10 Å². The van der Waals surface area contributed by atoms with Crippen molar-refractivity contribution in [1.29, 1.82) is 0 Å². The fourth-order valence-electron chi connectivity index (χ4n) is 4.21. The molecular weight excluding hydrogens is 284 g/mol. The van der Waals surface area contributed by atoms with E-state index in [9.17, 15) is 0 Å². The highest BCUT2D eigenvalue weighted by Crippen LogP contribution is 2.39. The molecule has 3 nitrogen and oxygen atoms in total. The van der Waals surface area contributed by atoms with Gasteiger partial charge in [0.1, 0.15) is 5.75 Å². The van der Waals surface area contributed by atoms with Gasteiger partial charge in [0.15, 0.2) is 0 Å². The molecule has 1 aliphatic carbocycles. The molecular formula is C20H32N2O. The monoisotopic (exact) mass is 316 g/mol. The summed E-state index contributed by atoms with van der Waals surface area (Å²) >= 11 is 0. The average molecular weight is 316 g/mol. The van der Waals surface area contributed by atoms with E-state index in [1.807, 2.05) is 0 Å². The molecule has 1 aliphatic heterocycles. The highest BCUT2D eigenvalue weighted by molar-refractivity contribution is 5.30. The molecule has 1 saturated heterocycles. The van der Waals surface area contributed by atoms with Crippen molar-refractivity contribution >= 4 is 0 Å². The first kappa shape index (κ1) is 16.8. The minimum Gasteiger partial charge on any atom is -0.491 e. The zero-order valence-electron chi connectivity index (χ0n) is 14.8. The lowest BCUT2D eigenvalue weighted by Gasteiger charge is -2.41. The van der Waals surface area contributed by atoms with E-state index in [0.29, 0.717) is 6.04 Å². The van der Waals surface area contributed by atoms with Gasteiger partial charge in [0.2, 0.25) is 0 Å². The molecule has 0 spiro atoms. The zero-order valence-corrected chi connectivity index (χ0v) is 14.8. The van der Waals surface area contributed by atoms with E-state index in [0.717, 1.165) is 24.8 Å². The van der Waals surface area contributed by atoms with Gasteiger partial charge in [0.05, 0.1) is 6.10 Å². The topological polar surface area (TPSA) is 24.5 Å². The van der Waals surface area contributed by atoms with Crippen LogP contribution >= 0.6 is 0 Å². The van der Waals surface area contributed by atoms with Crippen LogP contribution in [0.5, 0.6) is 5.75 Å². The predicted octanol–water partition coefficient (Wildman–Crippen LogP) is 4.00. The van der Waals surface area contributed by atoms with Gasteiger partial charge in [-0.2, -0.15) is 0 Å². The Hall–Kier alpha value is -1.06. The Kier molecular flexibility index (Phi) is 5.96. The summed E-state index contributed by atoms with van der Waals surface area (Å²) in [4.78, 5) is 2.71. The molecule has 1 saturated carbocycles. The standard InChI is InChI=1S/C20H32N2O/c1-16(2)23-19-10-8-18(9-11-19)20(17-6-4-3-5-7-17)22-14-12-21-13-15-22/h8-11,16-17,20-21H,3-7,12-15H2,1-2H3/t20-/m0/s1. The van der Waals surface area contributed by atoms with Crippen molar-refractivity contribution in [2.24, 2.45) is 5.92 Å². The number of hydrogen-bond acceptors (Lipinski definition) is 3. The van der Waals surface area contributed by atoms with Gasteiger partial charge in [0, 0.05) is 32.2 Å². The van der Waals surface area contributed by atoms with Crippen LogP contribution in [-0.2, 0) is 0 Å². The largest absolute Gasteiger partial charge is 0.491 e. The summed E-state index contributed by atoms with van der Waals surface area (Å²) in [6.07, 6.45) is 7.25. The maximum Gasteiger partial charge on any atom is 0.119 e. The highest BCUT2D eigenvalue weighted by atomic mass is 16.5. The number of hydrogen-bond donors (Lipinski definition) is 1. The highest BCUT2D eigenvalue weighted by Gasteiger charge is 2.30. The molecule has 1 atom stereocenters. The van der Waals surface area contributed by atoms with Gasteiger partial charge in [0.25, 0.3) is 0 Å². The number of rotatable bonds is 5. The maximum atomic E-state index is 5.82. The Morgan fingerprint density at radius 2 is 1.65 bits per heavy atom. The van der Waals surface area contributed by atoms with Crippen LogP contribution < -0.4 is 10.1 Å². The van der Waals surface area contributed by atoms with Crippen LogP contribution in [0.1, 0.15) is 57.6 Å². The van der Waals surface area contributed by atoms with Gasteiger partial charge in [-0.25, -0.2) is 0 Å². The van der Waals surface area contributed by atoms with E-state index in [4.69, 9.17) is 4.74 Å². The van der Waals surface area contributed by atoms with Crippen LogP contribution in [0.3, 0.4) is 0 Å². The molecule has 0 amide bonds. The summed E-state index contributed by atoms with van der Waals surface area (Å²) in [7, 11) is 0. The number of nitrogens with zero attached hydrogens (tertiary/aromatic N) is 1. The second kappa shape index (κ2) is 8.16. The Labute approximate surface area is 141 Å². The molecule has 3 rings (SSSR count). The van der Waals surface area contributed by atoms with Gasteiger partial charge in [-0.1, -0.05) is 31.4 Å². The van der Waals surface area contributed by atoms with Crippen molar-refractivity contribution in [1.82, 2.24) is 10.2 Å². The van der Waals surface area contributed by atoms with Gasteiger partial charge < -0.3 is 10.1 Å². The summed E-state index contributed by atoms with van der Waals surface area (Å²) in [5.41, 5.74) is 1.48. The molecule has 0 radical (unpaired) electrons. The molecule has 0 unspecified atom stereocenters. The fraction of sp³-hybridized carbons (Fsp3) is 0.700. The van der Waals surface area contributed by atoms with Gasteiger partial charge >= 0.3 is 0 Å². The molecule has 2 aliphatic rings. The smallest absolute Gasteiger partial charge is 0.119 e. The molecule has 3 heteroatoms. The minimum absolute atomic E-state index is 0.239. The van der Waals surface area contributed by atoms with Crippen molar-refractivity contribution in [3.63, 3.8) is 0 Å². The van der Waals surface area contributed by atoms with Gasteiger partial charge in [-0.05, 0) is 50.3 Å². The Bertz CT molecular complexity index is 441. The molecule has 2 fully saturated rings. The number of piperazine rings is 1. The van der Waals surface area contributed by atoms with E-state index in [1.165, 1.54) is 50.8 Å². The van der Waals surface area contributed by atoms with E-state index in [1.54, 1.807) is 0 Å². The SMILES string of the molecule is CC(C)Oc1ccc([C@H](C2CCCCC2)N2CCNCC2)cc1. The molecule has 23 heavy (non-hydrogen) atoms. The Morgan fingerprint density at radius 3 is 2.26 bits per heavy atom. The first-order chi connectivity index (χ1) is 11.2. The molecule has 1 N–H and O–H groups in total. The van der Waals surface area contributed by atoms with Crippen LogP contribution in [-0.4, -0.2) is 37.2 Å². The third-order valence-electron chi connectivity index (χ3n) is 5.23. The van der Waals surface area contributed by atoms with Crippen LogP contribution in [0.2, 0.25) is 0 Å². The zero-order chi connectivity index (χ0) is 16.1. The molecule has 128 valence electrons. The molecule has 1 heterocycles. The predicted molar refractivity (Wildman–Crippen MR) is 96.0 cm³/mol. The maximum absolute atomic E-state index is 5.82. The van der Waals surface area contributed by atoms with E-state index < -0.39 is 0 Å². The molecule has 1 aromatic carbocycles. The summed E-state index contributed by atoms with van der Waals surface area (Å²) in [6, 6.07) is 9.52. The third kappa shape index (κ3) is 4.48. The number of nitrogens with one attached hydrogen (secondary N) is 1. The molecule has 0 bridgehead atoms. The lowest BCUT2D eigenvalue weighted by atomic mass is 9.80. The summed E-state index contributed by atoms with van der Waals surface area (Å²) < 4.78 is 5.82. The second-order valence-electron chi connectivity index (χ2n) is 7.36. The summed E-state index contributed by atoms with van der Waals surface area (Å²) in [5, 5.41) is 3.49. The summed E-state index contributed by atoms with van der Waals surface area (Å²) in [6.45, 7) is 8.76. The van der Waals surface area contributed by atoms with Gasteiger partial charge in [-0.15, -0.1) is 0 Å². The Balaban J connectivity index is 1.78. The number of ether oxygens (including phenoxy) is 1. The van der Waals surface area contributed by atoms with E-state index >= 15 is 0 Å². The van der Waals surface area contributed by atoms with Crippen molar-refractivity contribution in [3.05, 3.63) is 29.8 Å². The quantitative estimate of drug-likeness (QED) is 0.888. The Morgan fingerprint density at radius 1 is 1.00 bits per heavy atom. The first-order valence-corrected chi connectivity index (χ1v) is 9.45. The lowest BCUT2D eigenvalue weighted by Crippen LogP contribution is -2.47. The van der Waals surface area contributed by atoms with Crippen molar-refractivity contribution in [2.75, 3.05) is 26.2 Å². The third-order valence-corrected chi connectivity index (χ3v) is 5.23. The summed E-state index contributed by atoms with van der Waals surface area (Å²) in [5.74, 6) is 1.81. The second-order valence-corrected chi connectivity index (χ2v) is 7.36. The fourth-order valence-corrected chi connectivity index (χ4v) is 4.21. The van der Waals surface area contributed by atoms with Gasteiger partial charge in [-0.3, -0.25) is 4.90 Å². The van der Waals surface area contributed by atoms with E-state index in [2.05, 4.69) is 48.3 Å². The van der Waals surface area contributed by atoms with Crippen LogP contribution in [0.15, 0.2) is 24.3 Å².